The number of nitrogens with zero attached hydrogens (tertiary/aromatic N) is 2. The highest BCUT2D eigenvalue weighted by Gasteiger charge is 2.36. The van der Waals surface area contributed by atoms with Gasteiger partial charge in [-0.1, -0.05) is 6.42 Å². The molecule has 1 fully saturated rings. The lowest BCUT2D eigenvalue weighted by Gasteiger charge is -2.40. The lowest BCUT2D eigenvalue weighted by Crippen LogP contribution is -2.39. The van der Waals surface area contributed by atoms with Crippen molar-refractivity contribution in [3.05, 3.63) is 28.7 Å². The van der Waals surface area contributed by atoms with Gasteiger partial charge >= 0.3 is 0 Å². The minimum absolute atomic E-state index is 0.0134. The van der Waals surface area contributed by atoms with Gasteiger partial charge in [0.15, 0.2) is 0 Å². The van der Waals surface area contributed by atoms with Gasteiger partial charge in [0.2, 0.25) is 0 Å². The fourth-order valence-electron chi connectivity index (χ4n) is 1.87. The van der Waals surface area contributed by atoms with Crippen LogP contribution in [0.25, 0.3) is 0 Å². The van der Waals surface area contributed by atoms with Gasteiger partial charge in [-0.2, -0.15) is 17.7 Å². The molecule has 1 aromatic rings. The Hall–Kier alpha value is -0.770. The minimum atomic E-state index is -0.0134. The first-order valence-corrected chi connectivity index (χ1v) is 5.52. The molecule has 0 amide bonds. The predicted molar refractivity (Wildman–Crippen MR) is 58.6 cm³/mol. The summed E-state index contributed by atoms with van der Waals surface area (Å²) in [6.45, 7) is 0.718. The Morgan fingerprint density at radius 3 is 2.86 bits per heavy atom. The van der Waals surface area contributed by atoms with Gasteiger partial charge in [-0.25, -0.2) is 4.68 Å². The maximum atomic E-state index is 11.4. The van der Waals surface area contributed by atoms with Crippen LogP contribution in [0.15, 0.2) is 23.1 Å². The van der Waals surface area contributed by atoms with Crippen LogP contribution >= 0.6 is 12.6 Å². The molecule has 1 heterocycles. The number of thiol groups is 1. The third kappa shape index (κ3) is 1.71. The maximum absolute atomic E-state index is 11.4. The van der Waals surface area contributed by atoms with E-state index in [9.17, 15) is 4.79 Å². The summed E-state index contributed by atoms with van der Waals surface area (Å²) in [5.41, 5.74) is 0.210. The summed E-state index contributed by atoms with van der Waals surface area (Å²) in [6, 6.07) is 3.23. The van der Waals surface area contributed by atoms with Crippen LogP contribution in [0.5, 0.6) is 0 Å². The third-order valence-corrected chi connectivity index (χ3v) is 3.69. The van der Waals surface area contributed by atoms with Crippen LogP contribution < -0.4 is 5.56 Å². The van der Waals surface area contributed by atoms with Crippen molar-refractivity contribution < 1.29 is 0 Å². The molecule has 1 saturated carbocycles. The molecule has 0 spiro atoms. The van der Waals surface area contributed by atoms with Crippen LogP contribution in [0.1, 0.15) is 19.3 Å². The molecule has 0 saturated heterocycles. The van der Waals surface area contributed by atoms with Gasteiger partial charge in [0.25, 0.3) is 5.56 Å². The molecule has 0 N–H and O–H groups in total. The highest BCUT2D eigenvalue weighted by molar-refractivity contribution is 7.80. The van der Waals surface area contributed by atoms with E-state index in [1.807, 2.05) is 0 Å². The smallest absolute Gasteiger partial charge is 0.266 e. The highest BCUT2D eigenvalue weighted by Crippen LogP contribution is 2.42. The van der Waals surface area contributed by atoms with E-state index in [0.717, 1.165) is 12.3 Å². The molecule has 0 aliphatic heterocycles. The van der Waals surface area contributed by atoms with Crippen LogP contribution in [0.4, 0.5) is 0 Å². The van der Waals surface area contributed by atoms with E-state index >= 15 is 0 Å². The SMILES string of the molecule is O=c1cccnn1CC1(CS)CCC1. The van der Waals surface area contributed by atoms with E-state index in [1.54, 1.807) is 23.0 Å². The summed E-state index contributed by atoms with van der Waals surface area (Å²) in [4.78, 5) is 11.4. The molecular formula is C10H14N2OS. The quantitative estimate of drug-likeness (QED) is 0.764. The van der Waals surface area contributed by atoms with Gasteiger partial charge in [-0.3, -0.25) is 4.79 Å². The maximum Gasteiger partial charge on any atom is 0.266 e. The zero-order valence-corrected chi connectivity index (χ0v) is 8.91. The molecule has 1 aliphatic carbocycles. The summed E-state index contributed by atoms with van der Waals surface area (Å²) in [6.07, 6.45) is 5.24. The largest absolute Gasteiger partial charge is 0.268 e. The standard InChI is InChI=1S/C10H14N2OS/c13-9-3-1-6-11-12(9)7-10(8-14)4-2-5-10/h1,3,6,14H,2,4-5,7-8H2. The van der Waals surface area contributed by atoms with Crippen LogP contribution in [0, 0.1) is 5.41 Å². The first kappa shape index (κ1) is 9.77. The Kier molecular flexibility index (Phi) is 2.63. The van der Waals surface area contributed by atoms with Crippen molar-refractivity contribution in [2.24, 2.45) is 5.41 Å². The average Bonchev–Trinajstić information content (AvgIpc) is 2.14. The predicted octanol–water partition coefficient (Wildman–Crippen LogP) is 1.34. The van der Waals surface area contributed by atoms with Crippen molar-refractivity contribution in [3.8, 4) is 0 Å². The second-order valence-electron chi connectivity index (χ2n) is 4.03. The highest BCUT2D eigenvalue weighted by atomic mass is 32.1. The second kappa shape index (κ2) is 3.77. The zero-order chi connectivity index (χ0) is 10.0. The third-order valence-electron chi connectivity index (χ3n) is 3.02. The van der Waals surface area contributed by atoms with E-state index in [2.05, 4.69) is 17.7 Å². The first-order valence-electron chi connectivity index (χ1n) is 4.89. The van der Waals surface area contributed by atoms with Crippen molar-refractivity contribution in [2.75, 3.05) is 5.75 Å². The molecular weight excluding hydrogens is 196 g/mol. The van der Waals surface area contributed by atoms with Crippen LogP contribution in [-0.2, 0) is 6.54 Å². The second-order valence-corrected chi connectivity index (χ2v) is 4.35. The molecule has 0 radical (unpaired) electrons. The van der Waals surface area contributed by atoms with Crippen LogP contribution in [0.3, 0.4) is 0 Å². The monoisotopic (exact) mass is 210 g/mol. The molecule has 14 heavy (non-hydrogen) atoms. The minimum Gasteiger partial charge on any atom is -0.268 e. The van der Waals surface area contributed by atoms with Gasteiger partial charge in [0.05, 0.1) is 6.54 Å². The lowest BCUT2D eigenvalue weighted by atomic mass is 9.70. The molecule has 0 aromatic carbocycles. The molecule has 3 nitrogen and oxygen atoms in total. The fraction of sp³-hybridized carbons (Fsp3) is 0.600. The Morgan fingerprint density at radius 2 is 2.36 bits per heavy atom. The summed E-state index contributed by atoms with van der Waals surface area (Å²) in [5, 5.41) is 4.06. The van der Waals surface area contributed by atoms with Gasteiger partial charge in [-0.15, -0.1) is 0 Å². The summed E-state index contributed by atoms with van der Waals surface area (Å²) < 4.78 is 1.55. The molecule has 0 atom stereocenters. The average molecular weight is 210 g/mol. The molecule has 76 valence electrons. The molecule has 2 rings (SSSR count). The van der Waals surface area contributed by atoms with Gasteiger partial charge in [-0.05, 0) is 30.1 Å². The Bertz CT molecular complexity index is 365. The van der Waals surface area contributed by atoms with E-state index < -0.39 is 0 Å². The Labute approximate surface area is 88.5 Å². The Morgan fingerprint density at radius 1 is 1.57 bits per heavy atom. The van der Waals surface area contributed by atoms with Crippen molar-refractivity contribution >= 4 is 12.6 Å². The zero-order valence-electron chi connectivity index (χ0n) is 8.02. The van der Waals surface area contributed by atoms with Crippen molar-refractivity contribution in [1.29, 1.82) is 0 Å². The summed E-state index contributed by atoms with van der Waals surface area (Å²) >= 11 is 4.35. The number of hydrogen-bond donors (Lipinski definition) is 1. The fourth-order valence-corrected chi connectivity index (χ4v) is 2.28. The van der Waals surface area contributed by atoms with E-state index in [0.29, 0.717) is 0 Å². The topological polar surface area (TPSA) is 34.9 Å². The van der Waals surface area contributed by atoms with Crippen molar-refractivity contribution in [2.45, 2.75) is 25.8 Å². The summed E-state index contributed by atoms with van der Waals surface area (Å²) in [5.74, 6) is 0.843. The van der Waals surface area contributed by atoms with Gasteiger partial charge in [0, 0.05) is 12.3 Å². The van der Waals surface area contributed by atoms with Crippen LogP contribution in [-0.4, -0.2) is 15.5 Å². The first-order chi connectivity index (χ1) is 6.76. The normalized spacial score (nSPS) is 18.9. The molecule has 4 heteroatoms. The Balaban J connectivity index is 2.18. The van der Waals surface area contributed by atoms with E-state index in [-0.39, 0.29) is 11.0 Å². The molecule has 1 aromatic heterocycles. The number of hydrogen-bond acceptors (Lipinski definition) is 3. The number of aromatic nitrogens is 2. The number of rotatable bonds is 3. The molecule has 0 unspecified atom stereocenters. The van der Waals surface area contributed by atoms with Gasteiger partial charge in [0.1, 0.15) is 0 Å². The van der Waals surface area contributed by atoms with Crippen molar-refractivity contribution in [3.63, 3.8) is 0 Å². The molecule has 1 aliphatic rings. The van der Waals surface area contributed by atoms with E-state index in [4.69, 9.17) is 0 Å². The van der Waals surface area contributed by atoms with Crippen molar-refractivity contribution in [1.82, 2.24) is 9.78 Å². The lowest BCUT2D eigenvalue weighted by molar-refractivity contribution is 0.130. The summed E-state index contributed by atoms with van der Waals surface area (Å²) in [7, 11) is 0. The molecule has 0 bridgehead atoms. The van der Waals surface area contributed by atoms with Gasteiger partial charge < -0.3 is 0 Å². The van der Waals surface area contributed by atoms with E-state index in [1.165, 1.54) is 19.3 Å². The van der Waals surface area contributed by atoms with Crippen LogP contribution in [0.2, 0.25) is 0 Å².